The fourth-order valence-electron chi connectivity index (χ4n) is 5.26. The number of H-pyrrole nitrogens is 1. The molecule has 9 nitrogen and oxygen atoms in total. The van der Waals surface area contributed by atoms with E-state index in [1.807, 2.05) is 4.90 Å². The highest BCUT2D eigenvalue weighted by molar-refractivity contribution is 5.78. The van der Waals surface area contributed by atoms with Crippen LogP contribution in [0.1, 0.15) is 48.2 Å². The summed E-state index contributed by atoms with van der Waals surface area (Å²) in [7, 11) is 3.13. The van der Waals surface area contributed by atoms with E-state index in [9.17, 15) is 14.4 Å². The number of nitrogens with zero attached hydrogens (tertiary/aromatic N) is 4. The molecule has 34 heavy (non-hydrogen) atoms. The second-order valence-corrected chi connectivity index (χ2v) is 9.82. The molecule has 0 unspecified atom stereocenters. The zero-order chi connectivity index (χ0) is 24.2. The van der Waals surface area contributed by atoms with Crippen molar-refractivity contribution in [2.45, 2.75) is 58.0 Å². The molecule has 1 fully saturated rings. The number of imidazole rings is 1. The molecule has 0 aliphatic carbocycles. The number of benzene rings is 1. The van der Waals surface area contributed by atoms with Crippen molar-refractivity contribution in [1.82, 2.24) is 24.0 Å². The Hall–Kier alpha value is -3.36. The third-order valence-electron chi connectivity index (χ3n) is 7.48. The molecule has 2 aromatic heterocycles. The summed E-state index contributed by atoms with van der Waals surface area (Å²) in [6, 6.07) is 4.17. The number of nitrogens with one attached hydrogen (secondary N) is 1. The molecule has 1 N–H and O–H groups in total. The molecule has 0 saturated carbocycles. The zero-order valence-electron chi connectivity index (χ0n) is 20.2. The zero-order valence-corrected chi connectivity index (χ0v) is 20.2. The minimum Gasteiger partial charge on any atom is -0.471 e. The normalized spacial score (nSPS) is 19.9. The Morgan fingerprint density at radius 1 is 1.12 bits per heavy atom. The minimum absolute atomic E-state index is 0.101. The number of ether oxygens (including phenoxy) is 1. The highest BCUT2D eigenvalue weighted by Gasteiger charge is 2.44. The second kappa shape index (κ2) is 8.14. The van der Waals surface area contributed by atoms with Gasteiger partial charge in [0, 0.05) is 52.9 Å². The summed E-state index contributed by atoms with van der Waals surface area (Å²) in [4.78, 5) is 47.8. The number of aryl methyl sites for hydroxylation is 3. The van der Waals surface area contributed by atoms with Gasteiger partial charge in [-0.1, -0.05) is 0 Å². The van der Waals surface area contributed by atoms with E-state index in [-0.39, 0.29) is 17.2 Å². The molecule has 1 spiro atoms. The number of likely N-dealkylation sites (tertiary alicyclic amines) is 1. The molecular formula is C25H31N5O4. The third kappa shape index (κ3) is 3.73. The lowest BCUT2D eigenvalue weighted by Gasteiger charge is -2.27. The van der Waals surface area contributed by atoms with Crippen LogP contribution in [0, 0.1) is 13.8 Å². The average molecular weight is 466 g/mol. The van der Waals surface area contributed by atoms with Gasteiger partial charge in [0.2, 0.25) is 11.8 Å². The third-order valence-corrected chi connectivity index (χ3v) is 7.48. The Kier molecular flexibility index (Phi) is 5.37. The van der Waals surface area contributed by atoms with E-state index < -0.39 is 5.60 Å². The summed E-state index contributed by atoms with van der Waals surface area (Å²) in [5.41, 5.74) is 3.69. The molecule has 3 aromatic rings. The van der Waals surface area contributed by atoms with Crippen molar-refractivity contribution in [2.24, 2.45) is 14.1 Å². The number of amides is 1. The van der Waals surface area contributed by atoms with Gasteiger partial charge < -0.3 is 14.6 Å². The summed E-state index contributed by atoms with van der Waals surface area (Å²) in [5, 5.41) is 0. The van der Waals surface area contributed by atoms with Crippen molar-refractivity contribution in [3.05, 3.63) is 55.5 Å². The van der Waals surface area contributed by atoms with Crippen molar-refractivity contribution in [3.8, 4) is 5.88 Å². The van der Waals surface area contributed by atoms with Crippen LogP contribution >= 0.6 is 0 Å². The van der Waals surface area contributed by atoms with E-state index in [4.69, 9.17) is 4.74 Å². The largest absolute Gasteiger partial charge is 0.471 e. The number of fused-ring (bicyclic) bond motifs is 2. The maximum absolute atomic E-state index is 13.0. The van der Waals surface area contributed by atoms with Crippen LogP contribution < -0.4 is 16.0 Å². The molecule has 1 atom stereocenters. The lowest BCUT2D eigenvalue weighted by molar-refractivity contribution is -0.131. The topological polar surface area (TPSA) is 102 Å². The van der Waals surface area contributed by atoms with Gasteiger partial charge in [-0.2, -0.15) is 0 Å². The van der Waals surface area contributed by atoms with Gasteiger partial charge in [-0.3, -0.25) is 18.7 Å². The molecule has 5 rings (SSSR count). The van der Waals surface area contributed by atoms with Crippen molar-refractivity contribution in [3.63, 3.8) is 0 Å². The summed E-state index contributed by atoms with van der Waals surface area (Å²) in [5.74, 6) is 1.30. The van der Waals surface area contributed by atoms with Gasteiger partial charge >= 0.3 is 5.69 Å². The van der Waals surface area contributed by atoms with E-state index in [0.29, 0.717) is 50.2 Å². The molecule has 180 valence electrons. The van der Waals surface area contributed by atoms with E-state index in [2.05, 4.69) is 35.9 Å². The maximum Gasteiger partial charge on any atom is 0.333 e. The molecular weight excluding hydrogens is 434 g/mol. The van der Waals surface area contributed by atoms with Crippen molar-refractivity contribution >= 4 is 16.9 Å². The molecule has 1 aromatic carbocycles. The van der Waals surface area contributed by atoms with Crippen LogP contribution in [0.4, 0.5) is 0 Å². The molecule has 9 heteroatoms. The molecule has 2 aliphatic heterocycles. The lowest BCUT2D eigenvalue weighted by Crippen LogP contribution is -2.38. The Morgan fingerprint density at radius 3 is 2.68 bits per heavy atom. The van der Waals surface area contributed by atoms with Crippen LogP contribution in [0.5, 0.6) is 5.88 Å². The first kappa shape index (κ1) is 22.4. The van der Waals surface area contributed by atoms with Gasteiger partial charge in [0.05, 0.1) is 16.6 Å². The van der Waals surface area contributed by atoms with E-state index in [0.717, 1.165) is 34.3 Å². The smallest absolute Gasteiger partial charge is 0.333 e. The predicted octanol–water partition coefficient (Wildman–Crippen LogP) is 1.90. The van der Waals surface area contributed by atoms with E-state index in [1.165, 1.54) is 22.7 Å². The predicted molar refractivity (Wildman–Crippen MR) is 128 cm³/mol. The fraction of sp³-hybridized carbons (Fsp3) is 0.520. The molecule has 0 radical (unpaired) electrons. The Balaban J connectivity index is 1.25. The number of carbonyl (C=O) groups excluding carboxylic acids is 1. The number of carbonyl (C=O) groups is 1. The van der Waals surface area contributed by atoms with Crippen molar-refractivity contribution in [1.29, 1.82) is 0 Å². The van der Waals surface area contributed by atoms with Gasteiger partial charge in [-0.05, 0) is 49.9 Å². The van der Waals surface area contributed by atoms with Gasteiger partial charge in [0.1, 0.15) is 11.4 Å². The number of aromatic nitrogens is 4. The number of aromatic amines is 1. The van der Waals surface area contributed by atoms with Crippen LogP contribution in [0.15, 0.2) is 21.7 Å². The SMILES string of the molecule is Cc1cc2nc(CCC(=O)N3CCC[C@@]4(CC3)Cc3c(n(C)c(=O)n(C)c3=O)O4)[nH]c2cc1C. The second-order valence-electron chi connectivity index (χ2n) is 9.82. The van der Waals surface area contributed by atoms with Crippen LogP contribution in [0.25, 0.3) is 11.0 Å². The molecule has 1 saturated heterocycles. The lowest BCUT2D eigenvalue weighted by atomic mass is 9.90. The monoisotopic (exact) mass is 465 g/mol. The summed E-state index contributed by atoms with van der Waals surface area (Å²) >= 11 is 0. The number of hydrogen-bond acceptors (Lipinski definition) is 5. The van der Waals surface area contributed by atoms with Crippen LogP contribution in [0.2, 0.25) is 0 Å². The number of rotatable bonds is 3. The summed E-state index contributed by atoms with van der Waals surface area (Å²) < 4.78 is 8.82. The van der Waals surface area contributed by atoms with E-state index >= 15 is 0 Å². The summed E-state index contributed by atoms with van der Waals surface area (Å²) in [6.07, 6.45) is 3.59. The quantitative estimate of drug-likeness (QED) is 0.637. The number of hydrogen-bond donors (Lipinski definition) is 1. The Labute approximate surface area is 197 Å². The Bertz CT molecular complexity index is 1380. The standard InChI is InChI=1S/C25H31N5O4/c1-15-12-18-19(13-16(15)2)27-20(26-18)6-7-21(31)30-10-5-8-25(9-11-30)14-17-22(32)28(3)24(33)29(4)23(17)34-25/h12-13H,5-11,14H2,1-4H3,(H,26,27)/t25-/m1/s1. The molecule has 4 heterocycles. The van der Waals surface area contributed by atoms with Gasteiger partial charge in [-0.15, -0.1) is 0 Å². The van der Waals surface area contributed by atoms with Crippen molar-refractivity contribution < 1.29 is 9.53 Å². The first-order valence-electron chi connectivity index (χ1n) is 11.9. The van der Waals surface area contributed by atoms with Crippen molar-refractivity contribution in [2.75, 3.05) is 13.1 Å². The highest BCUT2D eigenvalue weighted by atomic mass is 16.5. The first-order chi connectivity index (χ1) is 16.2. The minimum atomic E-state index is -0.538. The van der Waals surface area contributed by atoms with E-state index in [1.54, 1.807) is 7.05 Å². The summed E-state index contributed by atoms with van der Waals surface area (Å²) in [6.45, 7) is 5.38. The average Bonchev–Trinajstić information content (AvgIpc) is 3.31. The fourth-order valence-corrected chi connectivity index (χ4v) is 5.26. The maximum atomic E-state index is 13.0. The van der Waals surface area contributed by atoms with Crippen LogP contribution in [-0.4, -0.2) is 48.6 Å². The van der Waals surface area contributed by atoms with Gasteiger partial charge in [0.15, 0.2) is 0 Å². The molecule has 0 bridgehead atoms. The Morgan fingerprint density at radius 2 is 1.88 bits per heavy atom. The molecule has 1 amide bonds. The highest BCUT2D eigenvalue weighted by Crippen LogP contribution is 2.38. The first-order valence-corrected chi connectivity index (χ1v) is 11.9. The molecule has 2 aliphatic rings. The van der Waals surface area contributed by atoms with Crippen LogP contribution in [0.3, 0.4) is 0 Å². The van der Waals surface area contributed by atoms with Crippen LogP contribution in [-0.2, 0) is 31.7 Å². The van der Waals surface area contributed by atoms with Gasteiger partial charge in [0.25, 0.3) is 5.56 Å². The van der Waals surface area contributed by atoms with Gasteiger partial charge in [-0.25, -0.2) is 9.78 Å².